The highest BCUT2D eigenvalue weighted by Crippen LogP contribution is 2.48. The van der Waals surface area contributed by atoms with E-state index in [0.717, 1.165) is 42.4 Å². The number of hydrogen-bond donors (Lipinski definition) is 3. The highest BCUT2D eigenvalue weighted by atomic mass is 32.2. The van der Waals surface area contributed by atoms with Crippen LogP contribution < -0.4 is 15.4 Å². The Bertz CT molecular complexity index is 1850. The van der Waals surface area contributed by atoms with Gasteiger partial charge in [-0.25, -0.2) is 13.2 Å². The van der Waals surface area contributed by atoms with E-state index in [1.165, 1.54) is 18.1 Å². The van der Waals surface area contributed by atoms with Crippen molar-refractivity contribution in [2.75, 3.05) is 13.7 Å². The number of benzene rings is 2. The molecule has 4 amide bonds. The lowest BCUT2D eigenvalue weighted by Gasteiger charge is -2.36. The van der Waals surface area contributed by atoms with Crippen molar-refractivity contribution in [1.29, 1.82) is 0 Å². The summed E-state index contributed by atoms with van der Waals surface area (Å²) in [5.41, 5.74) is -0.751. The van der Waals surface area contributed by atoms with Crippen molar-refractivity contribution in [3.63, 3.8) is 0 Å². The van der Waals surface area contributed by atoms with E-state index in [9.17, 15) is 27.6 Å². The first-order valence-corrected chi connectivity index (χ1v) is 20.0. The maximum atomic E-state index is 14.7. The lowest BCUT2D eigenvalue weighted by atomic mass is 9.85. The van der Waals surface area contributed by atoms with Gasteiger partial charge in [-0.05, 0) is 74.0 Å². The van der Waals surface area contributed by atoms with E-state index in [4.69, 9.17) is 9.47 Å². The molecule has 4 aliphatic rings. The molecule has 12 nitrogen and oxygen atoms in total. The number of nitrogens with zero attached hydrogens (tertiary/aromatic N) is 1. The summed E-state index contributed by atoms with van der Waals surface area (Å²) in [6.07, 6.45) is 5.09. The van der Waals surface area contributed by atoms with Gasteiger partial charge in [0, 0.05) is 19.4 Å². The van der Waals surface area contributed by atoms with Gasteiger partial charge in [0.25, 0.3) is 5.91 Å². The van der Waals surface area contributed by atoms with Crippen LogP contribution in [0.5, 0.6) is 0 Å². The van der Waals surface area contributed by atoms with Crippen molar-refractivity contribution in [1.82, 2.24) is 20.3 Å². The molecule has 286 valence electrons. The predicted molar refractivity (Wildman–Crippen MR) is 200 cm³/mol. The van der Waals surface area contributed by atoms with Gasteiger partial charge in [0.2, 0.25) is 21.8 Å². The fraction of sp³-hybridized carbons (Fsp3) is 0.550. The molecule has 3 saturated carbocycles. The second-order valence-corrected chi connectivity index (χ2v) is 18.7. The zero-order chi connectivity index (χ0) is 38.4. The van der Waals surface area contributed by atoms with Crippen LogP contribution in [0.4, 0.5) is 4.79 Å². The summed E-state index contributed by atoms with van der Waals surface area (Å²) in [6.45, 7) is 10.8. The number of carbonyl (C=O) groups excluding carboxylic acids is 4. The van der Waals surface area contributed by atoms with E-state index in [1.54, 1.807) is 6.92 Å². The normalized spacial score (nSPS) is 27.0. The van der Waals surface area contributed by atoms with E-state index in [-0.39, 0.29) is 25.5 Å². The third-order valence-electron chi connectivity index (χ3n) is 11.7. The number of alkyl carbamates (subject to hydrolysis) is 1. The Morgan fingerprint density at radius 1 is 0.962 bits per heavy atom. The van der Waals surface area contributed by atoms with E-state index in [1.807, 2.05) is 75.4 Å². The third kappa shape index (κ3) is 7.60. The first-order valence-electron chi connectivity index (χ1n) is 18.5. The summed E-state index contributed by atoms with van der Waals surface area (Å²) in [5, 5.41) is 5.65. The highest BCUT2D eigenvalue weighted by molar-refractivity contribution is 7.91. The van der Waals surface area contributed by atoms with Gasteiger partial charge in [-0.15, -0.1) is 6.58 Å². The molecule has 0 radical (unpaired) electrons. The average Bonchev–Trinajstić information content (AvgIpc) is 3.92. The Morgan fingerprint density at radius 3 is 2.13 bits per heavy atom. The fourth-order valence-electron chi connectivity index (χ4n) is 7.65. The Kier molecular flexibility index (Phi) is 10.3. The molecule has 4 fully saturated rings. The SMILES string of the molecule is C=C[C@@H]1C[C@]1(NC(=O)[C@@H]1C[C@@](OC)(c2ccc(-c3ccccc3)cc2)CN1C(=O)[C@@H](NC(=O)OC1CCCC1)C(C)(C)C)C(=O)NS(=O)(=O)C1(C)CC1. The second-order valence-electron chi connectivity index (χ2n) is 16.5. The van der Waals surface area contributed by atoms with Gasteiger partial charge in [0.15, 0.2) is 0 Å². The molecular formula is C40H52N4O8S. The lowest BCUT2D eigenvalue weighted by molar-refractivity contribution is -0.143. The number of rotatable bonds is 12. The van der Waals surface area contributed by atoms with E-state index in [2.05, 4.69) is 21.9 Å². The smallest absolute Gasteiger partial charge is 0.408 e. The molecule has 2 aromatic rings. The fourth-order valence-corrected chi connectivity index (χ4v) is 8.96. The standard InChI is InChI=1S/C40H52N4O8S/c1-7-28-23-40(28,35(47)43-53(49,50)38(5)21-22-38)42-33(45)31-24-39(51-6,29-19-17-27(18-20-29)26-13-9-8-10-14-26)25-44(31)34(46)32(37(2,3)4)41-36(48)52-30-15-11-12-16-30/h7-10,13-14,17-20,28,30-32H,1,11-12,15-16,21-25H2,2-6H3,(H,41,48)(H,42,45)(H,43,47)/t28-,31+,32-,39+,40-/m1/s1. The van der Waals surface area contributed by atoms with Crippen LogP contribution in [0.1, 0.15) is 84.6 Å². The summed E-state index contributed by atoms with van der Waals surface area (Å²) in [7, 11) is -2.46. The summed E-state index contributed by atoms with van der Waals surface area (Å²) >= 11 is 0. The monoisotopic (exact) mass is 748 g/mol. The minimum absolute atomic E-state index is 0.0297. The summed E-state index contributed by atoms with van der Waals surface area (Å²) < 4.78 is 39.2. The van der Waals surface area contributed by atoms with Gasteiger partial charge >= 0.3 is 6.09 Å². The Morgan fingerprint density at radius 2 is 1.58 bits per heavy atom. The van der Waals surface area contributed by atoms with Crippen LogP contribution >= 0.6 is 0 Å². The Labute approximate surface area is 312 Å². The van der Waals surface area contributed by atoms with Crippen LogP contribution in [0.2, 0.25) is 0 Å². The molecule has 0 bridgehead atoms. The molecule has 2 aromatic carbocycles. The van der Waals surface area contributed by atoms with Gasteiger partial charge in [0.1, 0.15) is 29.3 Å². The van der Waals surface area contributed by atoms with Crippen LogP contribution in [0.25, 0.3) is 11.1 Å². The quantitative estimate of drug-likeness (QED) is 0.258. The molecule has 3 aliphatic carbocycles. The van der Waals surface area contributed by atoms with Gasteiger partial charge in [-0.1, -0.05) is 81.4 Å². The number of sulfonamides is 1. The van der Waals surface area contributed by atoms with Crippen molar-refractivity contribution in [3.05, 3.63) is 72.8 Å². The van der Waals surface area contributed by atoms with Gasteiger partial charge in [0.05, 0.1) is 11.3 Å². The van der Waals surface area contributed by atoms with Crippen molar-refractivity contribution in [3.8, 4) is 11.1 Å². The molecule has 3 N–H and O–H groups in total. The number of ether oxygens (including phenoxy) is 2. The third-order valence-corrected chi connectivity index (χ3v) is 13.8. The molecule has 5 atom stereocenters. The van der Waals surface area contributed by atoms with Crippen LogP contribution in [-0.4, -0.2) is 79.3 Å². The van der Waals surface area contributed by atoms with Crippen LogP contribution in [-0.2, 0) is 39.5 Å². The molecule has 1 heterocycles. The minimum Gasteiger partial charge on any atom is -0.446 e. The summed E-state index contributed by atoms with van der Waals surface area (Å²) in [6, 6.07) is 15.4. The molecule has 1 aliphatic heterocycles. The number of carbonyl (C=O) groups is 4. The van der Waals surface area contributed by atoms with Gasteiger partial charge in [-0.2, -0.15) is 0 Å². The van der Waals surface area contributed by atoms with Gasteiger partial charge < -0.3 is 25.0 Å². The highest BCUT2D eigenvalue weighted by Gasteiger charge is 2.63. The number of hydrogen-bond acceptors (Lipinski definition) is 8. The molecule has 53 heavy (non-hydrogen) atoms. The minimum atomic E-state index is -3.99. The largest absolute Gasteiger partial charge is 0.446 e. The first-order chi connectivity index (χ1) is 25.0. The lowest BCUT2D eigenvalue weighted by Crippen LogP contribution is -2.60. The molecule has 0 aromatic heterocycles. The van der Waals surface area contributed by atoms with Crippen molar-refractivity contribution >= 4 is 33.8 Å². The molecule has 0 unspecified atom stereocenters. The van der Waals surface area contributed by atoms with Crippen LogP contribution in [0.15, 0.2) is 67.3 Å². The van der Waals surface area contributed by atoms with Crippen molar-refractivity contribution in [2.45, 2.75) is 113 Å². The second kappa shape index (κ2) is 14.2. The first kappa shape index (κ1) is 38.5. The van der Waals surface area contributed by atoms with E-state index >= 15 is 0 Å². The van der Waals surface area contributed by atoms with Crippen molar-refractivity contribution in [2.24, 2.45) is 11.3 Å². The average molecular weight is 749 g/mol. The number of nitrogens with one attached hydrogen (secondary N) is 3. The zero-order valence-electron chi connectivity index (χ0n) is 31.3. The summed E-state index contributed by atoms with van der Waals surface area (Å²) in [4.78, 5) is 57.5. The predicted octanol–water partition coefficient (Wildman–Crippen LogP) is 4.94. The zero-order valence-corrected chi connectivity index (χ0v) is 32.1. The van der Waals surface area contributed by atoms with Crippen LogP contribution in [0.3, 0.4) is 0 Å². The maximum Gasteiger partial charge on any atom is 0.408 e. The Hall–Kier alpha value is -4.23. The van der Waals surface area contributed by atoms with Crippen molar-refractivity contribution < 1.29 is 37.1 Å². The topological polar surface area (TPSA) is 160 Å². The maximum absolute atomic E-state index is 14.7. The molecule has 1 saturated heterocycles. The molecular weight excluding hydrogens is 697 g/mol. The molecule has 13 heteroatoms. The number of amides is 4. The number of likely N-dealkylation sites (tertiary alicyclic amines) is 1. The molecule has 0 spiro atoms. The molecule has 6 rings (SSSR count). The number of methoxy groups -OCH3 is 1. The van der Waals surface area contributed by atoms with Gasteiger partial charge in [-0.3, -0.25) is 19.1 Å². The van der Waals surface area contributed by atoms with Crippen LogP contribution in [0, 0.1) is 11.3 Å². The van der Waals surface area contributed by atoms with E-state index < -0.39 is 73.1 Å². The Balaban J connectivity index is 1.32. The summed E-state index contributed by atoms with van der Waals surface area (Å²) in [5.74, 6) is -2.52. The van der Waals surface area contributed by atoms with E-state index in [0.29, 0.717) is 12.8 Å².